The van der Waals surface area contributed by atoms with Crippen LogP contribution in [0.5, 0.6) is 0 Å². The average molecular weight is 252 g/mol. The van der Waals surface area contributed by atoms with Crippen LogP contribution < -0.4 is 0 Å². The van der Waals surface area contributed by atoms with E-state index in [-0.39, 0.29) is 0 Å². The lowest BCUT2D eigenvalue weighted by molar-refractivity contribution is 0.866. The predicted octanol–water partition coefficient (Wildman–Crippen LogP) is 5.03. The van der Waals surface area contributed by atoms with Crippen molar-refractivity contribution in [1.82, 2.24) is 0 Å². The van der Waals surface area contributed by atoms with Gasteiger partial charge < -0.3 is 0 Å². The van der Waals surface area contributed by atoms with Gasteiger partial charge in [-0.3, -0.25) is 0 Å². The van der Waals surface area contributed by atoms with E-state index >= 15 is 0 Å². The molecule has 0 bridgehead atoms. The van der Waals surface area contributed by atoms with Gasteiger partial charge in [-0.05, 0) is 23.0 Å². The Morgan fingerprint density at radius 2 is 1.69 bits per heavy atom. The first-order chi connectivity index (χ1) is 7.50. The molecule has 16 heavy (non-hydrogen) atoms. The maximum atomic E-state index is 5.31. The predicted molar refractivity (Wildman–Crippen MR) is 79.3 cm³/mol. The summed E-state index contributed by atoms with van der Waals surface area (Å²) in [5.74, 6) is 2.10. The maximum absolute atomic E-state index is 5.31. The third-order valence-electron chi connectivity index (χ3n) is 2.50. The molecule has 0 saturated carbocycles. The molecule has 0 nitrogen and oxygen atoms in total. The molecule has 0 unspecified atom stereocenters. The quantitative estimate of drug-likeness (QED) is 0.690. The fourth-order valence-electron chi connectivity index (χ4n) is 1.32. The molecule has 0 radical (unpaired) electrons. The van der Waals surface area contributed by atoms with Crippen LogP contribution >= 0.6 is 24.0 Å². The Balaban J connectivity index is 2.53. The van der Waals surface area contributed by atoms with E-state index in [0.29, 0.717) is 11.8 Å². The molecule has 88 valence electrons. The molecule has 0 N–H and O–H groups in total. The van der Waals surface area contributed by atoms with Gasteiger partial charge in [-0.25, -0.2) is 0 Å². The summed E-state index contributed by atoms with van der Waals surface area (Å²) in [4.78, 5) is 0. The van der Waals surface area contributed by atoms with Crippen LogP contribution in [0.25, 0.3) is 0 Å². The monoisotopic (exact) mass is 252 g/mol. The van der Waals surface area contributed by atoms with Crippen molar-refractivity contribution in [3.8, 4) is 0 Å². The third kappa shape index (κ3) is 4.26. The van der Waals surface area contributed by atoms with Crippen LogP contribution in [0.4, 0.5) is 0 Å². The van der Waals surface area contributed by atoms with E-state index in [9.17, 15) is 0 Å². The van der Waals surface area contributed by atoms with Gasteiger partial charge in [0.1, 0.15) is 0 Å². The molecule has 0 amide bonds. The summed E-state index contributed by atoms with van der Waals surface area (Å²) in [6, 6.07) is 8.87. The van der Waals surface area contributed by atoms with Crippen molar-refractivity contribution >= 4 is 28.2 Å². The van der Waals surface area contributed by atoms with Gasteiger partial charge in [-0.15, -0.1) is 11.8 Å². The van der Waals surface area contributed by atoms with E-state index in [1.54, 1.807) is 11.8 Å². The molecule has 0 aliphatic carbocycles. The molecule has 0 aromatic heterocycles. The fraction of sp³-hybridized carbons (Fsp3) is 0.500. The summed E-state index contributed by atoms with van der Waals surface area (Å²) in [6.07, 6.45) is 0. The number of rotatable bonds is 4. The second-order valence-corrected chi connectivity index (χ2v) is 6.37. The third-order valence-corrected chi connectivity index (χ3v) is 4.56. The second kappa shape index (κ2) is 6.41. The zero-order chi connectivity index (χ0) is 12.1. The second-order valence-electron chi connectivity index (χ2n) is 4.66. The number of thioether (sulfide) groups is 1. The van der Waals surface area contributed by atoms with Crippen molar-refractivity contribution in [1.29, 1.82) is 0 Å². The maximum Gasteiger partial charge on any atom is 0.0507 e. The van der Waals surface area contributed by atoms with Gasteiger partial charge in [0.05, 0.1) is 4.20 Å². The number of benzene rings is 1. The molecule has 2 heteroatoms. The van der Waals surface area contributed by atoms with Crippen molar-refractivity contribution in [2.45, 2.75) is 39.4 Å². The smallest absolute Gasteiger partial charge is 0.0507 e. The topological polar surface area (TPSA) is 0 Å². The molecule has 0 saturated heterocycles. The van der Waals surface area contributed by atoms with E-state index in [4.69, 9.17) is 12.2 Å². The first kappa shape index (κ1) is 13.7. The van der Waals surface area contributed by atoms with Crippen molar-refractivity contribution < 1.29 is 0 Å². The van der Waals surface area contributed by atoms with Crippen molar-refractivity contribution in [3.05, 3.63) is 35.4 Å². The van der Waals surface area contributed by atoms with Crippen LogP contribution in [0.3, 0.4) is 0 Å². The normalized spacial score (nSPS) is 11.1. The van der Waals surface area contributed by atoms with Gasteiger partial charge in [0.2, 0.25) is 0 Å². The lowest BCUT2D eigenvalue weighted by Crippen LogP contribution is -1.99. The van der Waals surface area contributed by atoms with Gasteiger partial charge >= 0.3 is 0 Å². The van der Waals surface area contributed by atoms with Crippen LogP contribution in [0.2, 0.25) is 0 Å². The Bertz CT molecular complexity index is 336. The molecule has 0 atom stereocenters. The zero-order valence-corrected chi connectivity index (χ0v) is 12.1. The average Bonchev–Trinajstić information content (AvgIpc) is 2.26. The molecule has 1 aromatic carbocycles. The van der Waals surface area contributed by atoms with Crippen LogP contribution in [-0.2, 0) is 5.75 Å². The van der Waals surface area contributed by atoms with Crippen LogP contribution in [0, 0.1) is 5.92 Å². The SMILES string of the molecule is CC(C)C(=S)SCc1ccc(C(C)C)cc1. The number of thiocarbonyl (C=S) groups is 1. The molecule has 0 fully saturated rings. The van der Waals surface area contributed by atoms with Gasteiger partial charge in [0, 0.05) is 5.75 Å². The molecule has 0 spiro atoms. The fourth-order valence-corrected chi connectivity index (χ4v) is 2.33. The zero-order valence-electron chi connectivity index (χ0n) is 10.5. The summed E-state index contributed by atoms with van der Waals surface area (Å²) in [6.45, 7) is 8.74. The molecular formula is C14H20S2. The molecule has 0 aliphatic heterocycles. The molecular weight excluding hydrogens is 232 g/mol. The Kier molecular flexibility index (Phi) is 5.50. The molecule has 0 heterocycles. The number of hydrogen-bond donors (Lipinski definition) is 0. The van der Waals surface area contributed by atoms with E-state index < -0.39 is 0 Å². The van der Waals surface area contributed by atoms with Gasteiger partial charge in [-0.2, -0.15) is 0 Å². The summed E-state index contributed by atoms with van der Waals surface area (Å²) in [5.41, 5.74) is 2.76. The van der Waals surface area contributed by atoms with E-state index in [0.717, 1.165) is 9.95 Å². The lowest BCUT2D eigenvalue weighted by Gasteiger charge is -2.08. The van der Waals surface area contributed by atoms with Gasteiger partial charge in [-0.1, -0.05) is 64.2 Å². The van der Waals surface area contributed by atoms with E-state index in [1.807, 2.05) is 0 Å². The molecule has 0 aliphatic rings. The highest BCUT2D eigenvalue weighted by Gasteiger charge is 2.04. The summed E-state index contributed by atoms with van der Waals surface area (Å²) in [7, 11) is 0. The van der Waals surface area contributed by atoms with Crippen molar-refractivity contribution in [2.24, 2.45) is 5.92 Å². The number of hydrogen-bond acceptors (Lipinski definition) is 2. The minimum Gasteiger partial charge on any atom is -0.114 e. The molecule has 1 rings (SSSR count). The lowest BCUT2D eigenvalue weighted by atomic mass is 10.0. The van der Waals surface area contributed by atoms with Crippen molar-refractivity contribution in [3.63, 3.8) is 0 Å². The van der Waals surface area contributed by atoms with Crippen LogP contribution in [0.1, 0.15) is 44.7 Å². The largest absolute Gasteiger partial charge is 0.114 e. The highest BCUT2D eigenvalue weighted by atomic mass is 32.2. The highest BCUT2D eigenvalue weighted by molar-refractivity contribution is 8.22. The Morgan fingerprint density at radius 1 is 1.12 bits per heavy atom. The van der Waals surface area contributed by atoms with Crippen LogP contribution in [0.15, 0.2) is 24.3 Å². The minimum absolute atomic E-state index is 0.495. The van der Waals surface area contributed by atoms with Crippen molar-refractivity contribution in [2.75, 3.05) is 0 Å². The van der Waals surface area contributed by atoms with E-state index in [2.05, 4.69) is 52.0 Å². The van der Waals surface area contributed by atoms with Gasteiger partial charge in [0.25, 0.3) is 0 Å². The Morgan fingerprint density at radius 3 is 2.12 bits per heavy atom. The first-order valence-corrected chi connectivity index (χ1v) is 7.15. The highest BCUT2D eigenvalue weighted by Crippen LogP contribution is 2.21. The Labute approximate surface area is 109 Å². The summed E-state index contributed by atoms with van der Waals surface area (Å²) >= 11 is 7.09. The Hall–Kier alpha value is -0.340. The van der Waals surface area contributed by atoms with E-state index in [1.165, 1.54) is 11.1 Å². The summed E-state index contributed by atoms with van der Waals surface area (Å²) < 4.78 is 1.10. The van der Waals surface area contributed by atoms with Gasteiger partial charge in [0.15, 0.2) is 0 Å². The first-order valence-electron chi connectivity index (χ1n) is 5.76. The minimum atomic E-state index is 0.495. The molecule has 1 aromatic rings. The summed E-state index contributed by atoms with van der Waals surface area (Å²) in [5, 5.41) is 0. The van der Waals surface area contributed by atoms with Crippen LogP contribution in [-0.4, -0.2) is 4.20 Å². The standard InChI is InChI=1S/C14H20S2/c1-10(2)13-7-5-12(6-8-13)9-16-14(15)11(3)4/h5-8,10-11H,9H2,1-4H3.